The number of carboxylic acid groups (broad SMARTS) is 1. The maximum Gasteiger partial charge on any atom is 0.373 e. The molecular weight excluding hydrogens is 156 g/mol. The molecule has 0 aromatic carbocycles. The molecule has 0 aliphatic heterocycles. The summed E-state index contributed by atoms with van der Waals surface area (Å²) in [6.45, 7) is 0. The summed E-state index contributed by atoms with van der Waals surface area (Å²) < 4.78 is 0. The van der Waals surface area contributed by atoms with Gasteiger partial charge < -0.3 is 5.11 Å². The summed E-state index contributed by atoms with van der Waals surface area (Å²) in [5.41, 5.74) is 0.863. The Kier molecular flexibility index (Phi) is 1.53. The third-order valence-electron chi connectivity index (χ3n) is 1.86. The first-order valence-corrected chi connectivity index (χ1v) is 3.83. The van der Waals surface area contributed by atoms with E-state index in [0.717, 1.165) is 18.5 Å². The van der Waals surface area contributed by atoms with Crippen molar-refractivity contribution in [3.05, 3.63) is 23.8 Å². The van der Waals surface area contributed by atoms with Gasteiger partial charge in [-0.15, -0.1) is 0 Å². The zero-order valence-corrected chi connectivity index (χ0v) is 6.40. The topological polar surface area (TPSA) is 63.1 Å². The van der Waals surface area contributed by atoms with E-state index in [2.05, 4.69) is 9.97 Å². The molecule has 0 unspecified atom stereocenters. The van der Waals surface area contributed by atoms with E-state index in [0.29, 0.717) is 5.92 Å². The third kappa shape index (κ3) is 1.28. The summed E-state index contributed by atoms with van der Waals surface area (Å²) in [4.78, 5) is 18.0. The molecule has 0 bridgehead atoms. The number of nitrogens with zero attached hydrogens (tertiary/aromatic N) is 2. The molecule has 0 radical (unpaired) electrons. The van der Waals surface area contributed by atoms with Gasteiger partial charge in [-0.2, -0.15) is 0 Å². The van der Waals surface area contributed by atoms with E-state index >= 15 is 0 Å². The van der Waals surface area contributed by atoms with Gasteiger partial charge in [0.2, 0.25) is 5.82 Å². The Morgan fingerprint density at radius 2 is 2.33 bits per heavy atom. The Morgan fingerprint density at radius 1 is 1.58 bits per heavy atom. The van der Waals surface area contributed by atoms with Crippen LogP contribution in [-0.4, -0.2) is 21.0 Å². The van der Waals surface area contributed by atoms with Crippen molar-refractivity contribution in [1.29, 1.82) is 0 Å². The van der Waals surface area contributed by atoms with Crippen molar-refractivity contribution in [2.45, 2.75) is 18.8 Å². The fourth-order valence-corrected chi connectivity index (χ4v) is 1.08. The lowest BCUT2D eigenvalue weighted by molar-refractivity contribution is 0.0683. The van der Waals surface area contributed by atoms with Crippen LogP contribution in [0.4, 0.5) is 0 Å². The standard InChI is InChI=1S/C8H8N2O2/c11-8(12)7-9-4-3-6(10-7)5-1-2-5/h3-5H,1-2H2,(H,11,12). The number of rotatable bonds is 2. The van der Waals surface area contributed by atoms with E-state index < -0.39 is 5.97 Å². The highest BCUT2D eigenvalue weighted by molar-refractivity contribution is 5.82. The van der Waals surface area contributed by atoms with Crippen LogP contribution >= 0.6 is 0 Å². The van der Waals surface area contributed by atoms with Gasteiger partial charge in [0.15, 0.2) is 0 Å². The van der Waals surface area contributed by atoms with E-state index in [9.17, 15) is 4.79 Å². The molecule has 62 valence electrons. The van der Waals surface area contributed by atoms with E-state index in [4.69, 9.17) is 5.11 Å². The quantitative estimate of drug-likeness (QED) is 0.709. The number of aromatic carboxylic acids is 1. The molecule has 4 heteroatoms. The monoisotopic (exact) mass is 164 g/mol. The van der Waals surface area contributed by atoms with Crippen molar-refractivity contribution < 1.29 is 9.90 Å². The summed E-state index contributed by atoms with van der Waals surface area (Å²) in [7, 11) is 0. The highest BCUT2D eigenvalue weighted by Gasteiger charge is 2.25. The summed E-state index contributed by atoms with van der Waals surface area (Å²) >= 11 is 0. The van der Waals surface area contributed by atoms with Crippen LogP contribution in [0.15, 0.2) is 12.3 Å². The van der Waals surface area contributed by atoms with Crippen LogP contribution in [0.2, 0.25) is 0 Å². The first-order chi connectivity index (χ1) is 5.77. The van der Waals surface area contributed by atoms with Crippen LogP contribution in [0.25, 0.3) is 0 Å². The molecule has 1 aromatic rings. The van der Waals surface area contributed by atoms with Gasteiger partial charge >= 0.3 is 5.97 Å². The van der Waals surface area contributed by atoms with Crippen LogP contribution in [-0.2, 0) is 0 Å². The Morgan fingerprint density at radius 3 is 2.92 bits per heavy atom. The van der Waals surface area contributed by atoms with Crippen LogP contribution in [0.5, 0.6) is 0 Å². The van der Waals surface area contributed by atoms with Gasteiger partial charge in [-0.1, -0.05) is 0 Å². The molecule has 1 N–H and O–H groups in total. The molecular formula is C8H8N2O2. The molecule has 0 atom stereocenters. The number of hydrogen-bond acceptors (Lipinski definition) is 3. The predicted octanol–water partition coefficient (Wildman–Crippen LogP) is 1.05. The number of hydrogen-bond donors (Lipinski definition) is 1. The lowest BCUT2D eigenvalue weighted by Gasteiger charge is -1.96. The normalized spacial score (nSPS) is 16.0. The smallest absolute Gasteiger partial charge is 0.373 e. The zero-order valence-electron chi connectivity index (χ0n) is 6.40. The Labute approximate surface area is 69.3 Å². The minimum atomic E-state index is -1.06. The number of carboxylic acids is 1. The van der Waals surface area contributed by atoms with Crippen molar-refractivity contribution in [3.63, 3.8) is 0 Å². The van der Waals surface area contributed by atoms with Gasteiger partial charge in [0.1, 0.15) is 0 Å². The van der Waals surface area contributed by atoms with Crippen LogP contribution < -0.4 is 0 Å². The molecule has 1 aromatic heterocycles. The Balaban J connectivity index is 2.32. The summed E-state index contributed by atoms with van der Waals surface area (Å²) in [5, 5.41) is 8.59. The molecule has 1 aliphatic rings. The first-order valence-electron chi connectivity index (χ1n) is 3.83. The molecule has 0 saturated heterocycles. The summed E-state index contributed by atoms with van der Waals surface area (Å²) in [6.07, 6.45) is 3.75. The molecule has 2 rings (SSSR count). The van der Waals surface area contributed by atoms with Crippen molar-refractivity contribution in [1.82, 2.24) is 9.97 Å². The van der Waals surface area contributed by atoms with Gasteiger partial charge in [0, 0.05) is 17.8 Å². The number of carbonyl (C=O) groups is 1. The third-order valence-corrected chi connectivity index (χ3v) is 1.86. The second kappa shape index (κ2) is 2.55. The van der Waals surface area contributed by atoms with E-state index in [1.54, 1.807) is 6.07 Å². The Bertz CT molecular complexity index is 321. The van der Waals surface area contributed by atoms with Crippen molar-refractivity contribution >= 4 is 5.97 Å². The van der Waals surface area contributed by atoms with Gasteiger partial charge in [-0.05, 0) is 18.9 Å². The van der Waals surface area contributed by atoms with E-state index in [1.807, 2.05) is 0 Å². The maximum absolute atomic E-state index is 10.5. The van der Waals surface area contributed by atoms with Gasteiger partial charge in [0.05, 0.1) is 0 Å². The number of aromatic nitrogens is 2. The van der Waals surface area contributed by atoms with Gasteiger partial charge in [-0.3, -0.25) is 0 Å². The van der Waals surface area contributed by atoms with E-state index in [-0.39, 0.29) is 5.82 Å². The zero-order chi connectivity index (χ0) is 8.55. The van der Waals surface area contributed by atoms with Gasteiger partial charge in [0.25, 0.3) is 0 Å². The molecule has 1 aliphatic carbocycles. The molecule has 12 heavy (non-hydrogen) atoms. The Hall–Kier alpha value is -1.45. The SMILES string of the molecule is O=C(O)c1nccc(C2CC2)n1. The molecule has 4 nitrogen and oxygen atoms in total. The minimum Gasteiger partial charge on any atom is -0.475 e. The van der Waals surface area contributed by atoms with Crippen molar-refractivity contribution in [2.24, 2.45) is 0 Å². The fraction of sp³-hybridized carbons (Fsp3) is 0.375. The highest BCUT2D eigenvalue weighted by atomic mass is 16.4. The predicted molar refractivity (Wildman–Crippen MR) is 41.0 cm³/mol. The fourth-order valence-electron chi connectivity index (χ4n) is 1.08. The molecule has 1 fully saturated rings. The summed E-state index contributed by atoms with van der Waals surface area (Å²) in [5.74, 6) is -0.678. The second-order valence-electron chi connectivity index (χ2n) is 2.88. The largest absolute Gasteiger partial charge is 0.475 e. The molecule has 1 heterocycles. The van der Waals surface area contributed by atoms with Crippen LogP contribution in [0.1, 0.15) is 35.1 Å². The van der Waals surface area contributed by atoms with Crippen molar-refractivity contribution in [2.75, 3.05) is 0 Å². The van der Waals surface area contributed by atoms with E-state index in [1.165, 1.54) is 6.20 Å². The second-order valence-corrected chi connectivity index (χ2v) is 2.88. The van der Waals surface area contributed by atoms with Crippen molar-refractivity contribution in [3.8, 4) is 0 Å². The maximum atomic E-state index is 10.5. The first kappa shape index (κ1) is 7.21. The lowest BCUT2D eigenvalue weighted by atomic mass is 10.3. The van der Waals surface area contributed by atoms with Crippen LogP contribution in [0.3, 0.4) is 0 Å². The van der Waals surface area contributed by atoms with Gasteiger partial charge in [-0.25, -0.2) is 14.8 Å². The average molecular weight is 164 g/mol. The lowest BCUT2D eigenvalue weighted by Crippen LogP contribution is -2.05. The molecule has 0 spiro atoms. The highest BCUT2D eigenvalue weighted by Crippen LogP contribution is 2.38. The molecule has 1 saturated carbocycles. The summed E-state index contributed by atoms with van der Waals surface area (Å²) in [6, 6.07) is 1.78. The van der Waals surface area contributed by atoms with Crippen LogP contribution in [0, 0.1) is 0 Å². The minimum absolute atomic E-state index is 0.0978. The average Bonchev–Trinajstić information content (AvgIpc) is 2.87. The molecule has 0 amide bonds.